The molecule has 0 fully saturated rings. The van der Waals surface area contributed by atoms with E-state index < -0.39 is 0 Å². The van der Waals surface area contributed by atoms with Crippen molar-refractivity contribution in [3.05, 3.63) is 77.4 Å². The van der Waals surface area contributed by atoms with Crippen molar-refractivity contribution in [3.63, 3.8) is 0 Å². The zero-order valence-corrected chi connectivity index (χ0v) is 11.9. The highest BCUT2D eigenvalue weighted by Crippen LogP contribution is 2.38. The summed E-state index contributed by atoms with van der Waals surface area (Å²) >= 11 is 0. The summed E-state index contributed by atoms with van der Waals surface area (Å²) in [5.41, 5.74) is 4.06. The van der Waals surface area contributed by atoms with Gasteiger partial charge in [-0.2, -0.15) is 10.5 Å². The normalized spacial score (nSPS) is 24.1. The Morgan fingerprint density at radius 2 is 2.05 bits per heavy atom. The molecule has 20 heavy (non-hydrogen) atoms. The molecule has 0 spiro atoms. The van der Waals surface area contributed by atoms with Crippen LogP contribution in [0.2, 0.25) is 0 Å². The monoisotopic (exact) mass is 280 g/mol. The second kappa shape index (κ2) is 6.02. The molecule has 0 radical (unpaired) electrons. The molecule has 2 aliphatic rings. The highest BCUT2D eigenvalue weighted by molar-refractivity contribution is 8.15. The summed E-state index contributed by atoms with van der Waals surface area (Å²) in [6.45, 7) is 0. The number of fused-ring (bicyclic) bond motifs is 2. The Bertz CT molecular complexity index is 674. The molecule has 0 bridgehead atoms. The van der Waals surface area contributed by atoms with Crippen molar-refractivity contribution in [1.29, 1.82) is 0 Å². The van der Waals surface area contributed by atoms with Crippen molar-refractivity contribution in [3.8, 4) is 0 Å². The zero-order chi connectivity index (χ0) is 13.8. The maximum atomic E-state index is 10.5. The van der Waals surface area contributed by atoms with Gasteiger partial charge in [-0.15, -0.1) is 0 Å². The Hall–Kier alpha value is -1.93. The molecule has 2 atom stereocenters. The lowest BCUT2D eigenvalue weighted by Gasteiger charge is -2.19. The first-order chi connectivity index (χ1) is 9.88. The molecule has 1 aliphatic heterocycles. The average Bonchev–Trinajstić information content (AvgIpc) is 2.64. The predicted molar refractivity (Wildman–Crippen MR) is 89.1 cm³/mol. The Kier molecular flexibility index (Phi) is 3.93. The second-order valence-corrected chi connectivity index (χ2v) is 6.79. The van der Waals surface area contributed by atoms with E-state index in [4.69, 9.17) is 0 Å². The number of benzene rings is 1. The van der Waals surface area contributed by atoms with E-state index in [-0.39, 0.29) is 10.5 Å². The quantitative estimate of drug-likeness (QED) is 0.456. The minimum absolute atomic E-state index is 0.0816. The molecule has 1 aliphatic carbocycles. The maximum absolute atomic E-state index is 10.5. The fourth-order valence-corrected chi connectivity index (χ4v) is 4.67. The standard InChI is InChI=1S/C18H16OS/c19-11-5-6-12-20-14-17-9-2-1-7-15(17)13-16-8-3-4-10-18(16)20/h1-13,18H,14H2. The lowest BCUT2D eigenvalue weighted by Crippen LogP contribution is -2.06. The van der Waals surface area contributed by atoms with Crippen LogP contribution in [0.1, 0.15) is 11.1 Å². The van der Waals surface area contributed by atoms with Crippen LogP contribution in [-0.2, 0) is 10.5 Å². The van der Waals surface area contributed by atoms with Crippen molar-refractivity contribution in [1.82, 2.24) is 0 Å². The summed E-state index contributed by atoms with van der Waals surface area (Å²) in [6.07, 6.45) is 15.3. The molecule has 1 heterocycles. The molecule has 0 saturated heterocycles. The van der Waals surface area contributed by atoms with Crippen molar-refractivity contribution < 1.29 is 4.79 Å². The van der Waals surface area contributed by atoms with Gasteiger partial charge in [0, 0.05) is 11.0 Å². The van der Waals surface area contributed by atoms with E-state index in [2.05, 4.69) is 60.0 Å². The molecule has 0 N–H and O–H groups in total. The molecule has 3 rings (SSSR count). The van der Waals surface area contributed by atoms with Crippen LogP contribution in [0.5, 0.6) is 0 Å². The van der Waals surface area contributed by atoms with Crippen LogP contribution in [0.25, 0.3) is 6.08 Å². The molecule has 0 saturated carbocycles. The number of aldehydes is 1. The van der Waals surface area contributed by atoms with Crippen molar-refractivity contribution in [2.75, 3.05) is 0 Å². The average molecular weight is 280 g/mol. The van der Waals surface area contributed by atoms with Gasteiger partial charge in [0.15, 0.2) is 0 Å². The summed E-state index contributed by atoms with van der Waals surface area (Å²) in [6, 6.07) is 8.57. The van der Waals surface area contributed by atoms with Gasteiger partial charge in [-0.05, 0) is 28.1 Å². The highest BCUT2D eigenvalue weighted by atomic mass is 32.2. The minimum atomic E-state index is 0.0816. The molecule has 2 heteroatoms. The topological polar surface area (TPSA) is 17.1 Å². The third kappa shape index (κ3) is 2.66. The fourth-order valence-electron chi connectivity index (χ4n) is 2.52. The summed E-state index contributed by atoms with van der Waals surface area (Å²) in [5.74, 6) is 1.03. The van der Waals surface area contributed by atoms with E-state index in [9.17, 15) is 4.79 Å². The number of hydrogen-bond acceptors (Lipinski definition) is 1. The lowest BCUT2D eigenvalue weighted by atomic mass is 10.0. The van der Waals surface area contributed by atoms with Crippen molar-refractivity contribution in [2.24, 2.45) is 0 Å². The Balaban J connectivity index is 2.09. The van der Waals surface area contributed by atoms with Gasteiger partial charge in [0.2, 0.25) is 0 Å². The second-order valence-electron chi connectivity index (χ2n) is 4.78. The molecule has 1 aromatic rings. The molecule has 0 aromatic heterocycles. The van der Waals surface area contributed by atoms with Gasteiger partial charge in [-0.1, -0.05) is 60.7 Å². The van der Waals surface area contributed by atoms with E-state index in [1.54, 1.807) is 6.08 Å². The van der Waals surface area contributed by atoms with Gasteiger partial charge < -0.3 is 0 Å². The summed E-state index contributed by atoms with van der Waals surface area (Å²) in [4.78, 5) is 10.5. The smallest absolute Gasteiger partial charge is 0.142 e. The van der Waals surface area contributed by atoms with Crippen LogP contribution in [0.4, 0.5) is 0 Å². The number of allylic oxidation sites excluding steroid dienone is 5. The van der Waals surface area contributed by atoms with Crippen LogP contribution in [-0.4, -0.2) is 16.9 Å². The molecule has 100 valence electrons. The third-order valence-electron chi connectivity index (χ3n) is 3.48. The van der Waals surface area contributed by atoms with Gasteiger partial charge >= 0.3 is 0 Å². The molecule has 1 aromatic carbocycles. The SMILES string of the molecule is O=CC=CC=S1Cc2ccccc2C=C2C=CC=CC21. The molecule has 2 unspecified atom stereocenters. The number of carbonyl (C=O) groups excluding carboxylic acids is 1. The van der Waals surface area contributed by atoms with Crippen LogP contribution in [0.3, 0.4) is 0 Å². The van der Waals surface area contributed by atoms with E-state index in [0.29, 0.717) is 5.25 Å². The van der Waals surface area contributed by atoms with E-state index in [1.165, 1.54) is 16.7 Å². The Morgan fingerprint density at radius 3 is 2.95 bits per heavy atom. The Labute approximate surface area is 121 Å². The molecular weight excluding hydrogens is 264 g/mol. The maximum Gasteiger partial charge on any atom is 0.142 e. The Morgan fingerprint density at radius 1 is 1.15 bits per heavy atom. The molecular formula is C18H16OS. The first-order valence-corrected chi connectivity index (χ1v) is 8.18. The third-order valence-corrected chi connectivity index (χ3v) is 5.72. The summed E-state index contributed by atoms with van der Waals surface area (Å²) in [7, 11) is 0.0816. The van der Waals surface area contributed by atoms with E-state index >= 15 is 0 Å². The van der Waals surface area contributed by atoms with Gasteiger partial charge in [-0.25, -0.2) is 0 Å². The zero-order valence-electron chi connectivity index (χ0n) is 11.1. The number of hydrogen-bond donors (Lipinski definition) is 0. The minimum Gasteiger partial charge on any atom is -0.299 e. The van der Waals surface area contributed by atoms with Crippen LogP contribution in [0, 0.1) is 0 Å². The molecule has 1 nitrogen and oxygen atoms in total. The van der Waals surface area contributed by atoms with Crippen LogP contribution in [0.15, 0.2) is 66.3 Å². The first-order valence-electron chi connectivity index (χ1n) is 6.66. The lowest BCUT2D eigenvalue weighted by molar-refractivity contribution is -0.104. The van der Waals surface area contributed by atoms with Gasteiger partial charge in [0.25, 0.3) is 0 Å². The highest BCUT2D eigenvalue weighted by Gasteiger charge is 2.19. The van der Waals surface area contributed by atoms with Gasteiger partial charge in [0.1, 0.15) is 6.29 Å². The van der Waals surface area contributed by atoms with Crippen molar-refractivity contribution >= 4 is 28.2 Å². The van der Waals surface area contributed by atoms with E-state index in [0.717, 1.165) is 12.0 Å². The molecule has 0 amide bonds. The van der Waals surface area contributed by atoms with Crippen LogP contribution >= 0.6 is 10.5 Å². The predicted octanol–water partition coefficient (Wildman–Crippen LogP) is 3.90. The number of carbonyl (C=O) groups is 1. The van der Waals surface area contributed by atoms with Gasteiger partial charge in [-0.3, -0.25) is 4.79 Å². The summed E-state index contributed by atoms with van der Waals surface area (Å²) < 4.78 is 0. The largest absolute Gasteiger partial charge is 0.299 e. The van der Waals surface area contributed by atoms with Crippen molar-refractivity contribution in [2.45, 2.75) is 11.0 Å². The summed E-state index contributed by atoms with van der Waals surface area (Å²) in [5, 5.41) is 2.60. The van der Waals surface area contributed by atoms with E-state index in [1.807, 2.05) is 6.08 Å². The van der Waals surface area contributed by atoms with Gasteiger partial charge in [0.05, 0.1) is 0 Å². The fraction of sp³-hybridized carbons (Fsp3) is 0.111. The van der Waals surface area contributed by atoms with Crippen LogP contribution < -0.4 is 0 Å². The number of rotatable bonds is 2. The first kappa shape index (κ1) is 13.1.